The van der Waals surface area contributed by atoms with Crippen LogP contribution in [-0.2, 0) is 68.4 Å². The first-order valence-corrected chi connectivity index (χ1v) is 22.8. The summed E-state index contributed by atoms with van der Waals surface area (Å²) in [7, 11) is 2.43. The van der Waals surface area contributed by atoms with Crippen molar-refractivity contribution in [2.45, 2.75) is 117 Å². The molecule has 0 aromatic heterocycles. The molecule has 0 radical (unpaired) electrons. The van der Waals surface area contributed by atoms with Crippen molar-refractivity contribution in [3.8, 4) is 22.6 Å². The van der Waals surface area contributed by atoms with E-state index in [4.69, 9.17) is 28.4 Å². The fourth-order valence-corrected chi connectivity index (χ4v) is 7.15. The average Bonchev–Trinajstić information content (AvgIpc) is 3.31. The van der Waals surface area contributed by atoms with E-state index in [1.54, 1.807) is 25.1 Å². The Balaban J connectivity index is 1.89. The number of benzene rings is 2. The molecule has 1 aliphatic rings. The van der Waals surface area contributed by atoms with Gasteiger partial charge in [0.25, 0.3) is 0 Å². The Morgan fingerprint density at radius 1 is 0.621 bits per heavy atom. The molecule has 0 saturated heterocycles. The smallest absolute Gasteiger partial charge is 0.333 e. The molecule has 1 unspecified atom stereocenters. The van der Waals surface area contributed by atoms with E-state index in [1.165, 1.54) is 46.8 Å². The van der Waals surface area contributed by atoms with Crippen LogP contribution in [0.15, 0.2) is 66.8 Å². The summed E-state index contributed by atoms with van der Waals surface area (Å²) in [6, 6.07) is 12.7. The molecule has 0 amide bonds. The number of rotatable bonds is 29. The molecule has 0 aliphatic heterocycles. The van der Waals surface area contributed by atoms with Crippen LogP contribution in [0, 0.1) is 17.3 Å². The van der Waals surface area contributed by atoms with Gasteiger partial charge < -0.3 is 37.9 Å². The van der Waals surface area contributed by atoms with Crippen molar-refractivity contribution < 1.29 is 71.5 Å². The lowest BCUT2D eigenvalue weighted by Gasteiger charge is -2.32. The van der Waals surface area contributed by atoms with Crippen molar-refractivity contribution in [2.75, 3.05) is 47.3 Å². The van der Waals surface area contributed by atoms with E-state index in [0.717, 1.165) is 36.8 Å². The van der Waals surface area contributed by atoms with Crippen LogP contribution in [0.5, 0.6) is 11.5 Å². The van der Waals surface area contributed by atoms with E-state index in [1.807, 2.05) is 24.3 Å². The summed E-state index contributed by atoms with van der Waals surface area (Å²) in [5.41, 5.74) is 1.19. The maximum atomic E-state index is 13.1. The van der Waals surface area contributed by atoms with Gasteiger partial charge in [0.15, 0.2) is 0 Å². The number of ether oxygens (including phenoxy) is 8. The summed E-state index contributed by atoms with van der Waals surface area (Å²) in [6.07, 6.45) is 8.87. The number of carbonyl (C=O) groups is 7. The first kappa shape index (κ1) is 54.3. The number of carbonyl (C=O) groups excluding carboxylic acids is 7. The van der Waals surface area contributed by atoms with Gasteiger partial charge in [-0.2, -0.15) is 0 Å². The molecule has 2 aromatic carbocycles. The second kappa shape index (κ2) is 28.8. The van der Waals surface area contributed by atoms with Crippen molar-refractivity contribution in [2.24, 2.45) is 17.3 Å². The van der Waals surface area contributed by atoms with E-state index in [9.17, 15) is 33.6 Å². The molecule has 3 rings (SSSR count). The standard InChI is InChI=1S/C51H68O15/c1-8-9-10-13-37-17-19-39(20-18-37)50(58)66-42-24-21-38(22-25-42)40-23-26-43(41(30-40)14-12-29-61-48(56)35(2)3)62-31-51(34-65-49(57)36(4)5,33-64-47(55)28-27-45(53)60-7)32-63-46(54)16-11-15-44(52)59-6/h21-26,30,37,39H,2,4,8-20,27-29,31-34H2,1,3,5-7H3. The molecule has 1 atom stereocenters. The number of unbranched alkanes of at least 4 members (excludes halogenated alkanes) is 2. The monoisotopic (exact) mass is 920 g/mol. The predicted molar refractivity (Wildman–Crippen MR) is 244 cm³/mol. The third-order valence-corrected chi connectivity index (χ3v) is 11.3. The molecule has 1 saturated carbocycles. The van der Waals surface area contributed by atoms with Crippen LogP contribution in [0.3, 0.4) is 0 Å². The molecule has 0 heterocycles. The van der Waals surface area contributed by atoms with Crippen molar-refractivity contribution in [1.82, 2.24) is 0 Å². The predicted octanol–water partition coefficient (Wildman–Crippen LogP) is 8.57. The Labute approximate surface area is 388 Å². The number of hydrogen-bond donors (Lipinski definition) is 0. The van der Waals surface area contributed by atoms with Gasteiger partial charge in [-0.1, -0.05) is 64.0 Å². The average molecular weight is 921 g/mol. The number of methoxy groups -OCH3 is 2. The van der Waals surface area contributed by atoms with Gasteiger partial charge in [-0.15, -0.1) is 0 Å². The maximum absolute atomic E-state index is 13.1. The van der Waals surface area contributed by atoms with Crippen molar-refractivity contribution in [3.63, 3.8) is 0 Å². The molecule has 0 spiro atoms. The zero-order chi connectivity index (χ0) is 48.5. The quantitative estimate of drug-likeness (QED) is 0.0247. The lowest BCUT2D eigenvalue weighted by molar-refractivity contribution is -0.164. The van der Waals surface area contributed by atoms with E-state index in [2.05, 4.69) is 29.6 Å². The maximum Gasteiger partial charge on any atom is 0.333 e. The van der Waals surface area contributed by atoms with Gasteiger partial charge in [0, 0.05) is 24.0 Å². The first-order chi connectivity index (χ1) is 31.6. The fourth-order valence-electron chi connectivity index (χ4n) is 7.15. The van der Waals surface area contributed by atoms with E-state index in [0.29, 0.717) is 35.8 Å². The molecule has 0 bridgehead atoms. The normalized spacial score (nSPS) is 15.2. The van der Waals surface area contributed by atoms with Crippen LogP contribution in [0.2, 0.25) is 0 Å². The molecule has 1 aliphatic carbocycles. The Hall–Kier alpha value is -5.99. The fraction of sp³-hybridized carbons (Fsp3) is 0.549. The highest BCUT2D eigenvalue weighted by Crippen LogP contribution is 2.34. The summed E-state index contributed by atoms with van der Waals surface area (Å²) in [6.45, 7) is 10.9. The summed E-state index contributed by atoms with van der Waals surface area (Å²) in [5, 5.41) is 0. The topological polar surface area (TPSA) is 193 Å². The Morgan fingerprint density at radius 2 is 1.18 bits per heavy atom. The molecule has 15 nitrogen and oxygen atoms in total. The summed E-state index contributed by atoms with van der Waals surface area (Å²) < 4.78 is 43.7. The zero-order valence-corrected chi connectivity index (χ0v) is 39.4. The highest BCUT2D eigenvalue weighted by atomic mass is 16.6. The van der Waals surface area contributed by atoms with Gasteiger partial charge in [0.1, 0.15) is 43.3 Å². The second-order valence-electron chi connectivity index (χ2n) is 17.0. The van der Waals surface area contributed by atoms with Crippen LogP contribution in [0.25, 0.3) is 11.1 Å². The minimum atomic E-state index is -1.49. The summed E-state index contributed by atoms with van der Waals surface area (Å²) in [5.74, 6) is -2.65. The van der Waals surface area contributed by atoms with Crippen LogP contribution in [0.1, 0.15) is 116 Å². The molecule has 0 N–H and O–H groups in total. The zero-order valence-electron chi connectivity index (χ0n) is 39.4. The van der Waals surface area contributed by atoms with Gasteiger partial charge in [-0.05, 0) is 106 Å². The van der Waals surface area contributed by atoms with Crippen LogP contribution < -0.4 is 9.47 Å². The Kier molecular flexibility index (Phi) is 23.7. The van der Waals surface area contributed by atoms with E-state index < -0.39 is 61.1 Å². The van der Waals surface area contributed by atoms with Gasteiger partial charge in [0.2, 0.25) is 0 Å². The van der Waals surface area contributed by atoms with Crippen LogP contribution in [-0.4, -0.2) is 89.0 Å². The van der Waals surface area contributed by atoms with Crippen molar-refractivity contribution in [1.29, 1.82) is 0 Å². The van der Waals surface area contributed by atoms with Gasteiger partial charge >= 0.3 is 41.8 Å². The molecule has 15 heteroatoms. The highest BCUT2D eigenvalue weighted by Gasteiger charge is 2.38. The lowest BCUT2D eigenvalue weighted by atomic mass is 9.80. The van der Waals surface area contributed by atoms with E-state index in [-0.39, 0.29) is 68.4 Å². The molecule has 1 fully saturated rings. The minimum absolute atomic E-state index is 0.0171. The van der Waals surface area contributed by atoms with Gasteiger partial charge in [0.05, 0.1) is 39.6 Å². The largest absolute Gasteiger partial charge is 0.492 e. The number of esters is 7. The number of hydrogen-bond acceptors (Lipinski definition) is 15. The molecular formula is C51H68O15. The molecule has 2 aromatic rings. The molecule has 362 valence electrons. The van der Waals surface area contributed by atoms with Gasteiger partial charge in [-0.25, -0.2) is 9.59 Å². The Morgan fingerprint density at radius 3 is 1.80 bits per heavy atom. The highest BCUT2D eigenvalue weighted by molar-refractivity contribution is 5.87. The Bertz CT molecular complexity index is 1960. The first-order valence-electron chi connectivity index (χ1n) is 22.8. The SMILES string of the molecule is C=C(C)C(=O)OCCCc1cc(-c2ccc(OC(=O)C3CCC(CCCCC)CC3)cc2)ccc1OCC(COC(=O)CCCC(=O)OC)(COC(=O)CCC(=O)OC)COC(=O)C(=C)C. The van der Waals surface area contributed by atoms with Crippen molar-refractivity contribution >= 4 is 41.8 Å². The van der Waals surface area contributed by atoms with E-state index >= 15 is 0 Å². The van der Waals surface area contributed by atoms with Crippen LogP contribution >= 0.6 is 0 Å². The van der Waals surface area contributed by atoms with Gasteiger partial charge in [-0.3, -0.25) is 24.0 Å². The van der Waals surface area contributed by atoms with Crippen LogP contribution in [0.4, 0.5) is 0 Å². The summed E-state index contributed by atoms with van der Waals surface area (Å²) >= 11 is 0. The summed E-state index contributed by atoms with van der Waals surface area (Å²) in [4.78, 5) is 87.1. The second-order valence-corrected chi connectivity index (χ2v) is 17.0. The van der Waals surface area contributed by atoms with Crippen molar-refractivity contribution in [3.05, 3.63) is 72.3 Å². The molecular weight excluding hydrogens is 853 g/mol. The minimum Gasteiger partial charge on any atom is -0.492 e. The molecule has 66 heavy (non-hydrogen) atoms. The number of aryl methyl sites for hydroxylation is 1. The third kappa shape index (κ3) is 19.6. The third-order valence-electron chi connectivity index (χ3n) is 11.3. The lowest BCUT2D eigenvalue weighted by Crippen LogP contribution is -2.44.